The molecule has 2 rings (SSSR count). The van der Waals surface area contributed by atoms with E-state index in [-0.39, 0.29) is 11.9 Å². The van der Waals surface area contributed by atoms with E-state index in [9.17, 15) is 4.79 Å². The molecule has 0 bridgehead atoms. The average Bonchev–Trinajstić information content (AvgIpc) is 2.95. The number of carbonyl (C=O) groups is 1. The fraction of sp³-hybridized carbons (Fsp3) is 0.462. The number of nitrogens with zero attached hydrogens (tertiary/aromatic N) is 5. The van der Waals surface area contributed by atoms with Crippen molar-refractivity contribution < 1.29 is 4.79 Å². The summed E-state index contributed by atoms with van der Waals surface area (Å²) in [6.07, 6.45) is 3.45. The Balaban J connectivity index is 1.71. The van der Waals surface area contributed by atoms with E-state index in [1.807, 2.05) is 26.0 Å². The number of carbonyl (C=O) groups excluding carboxylic acids is 1. The zero-order valence-corrected chi connectivity index (χ0v) is 12.9. The van der Waals surface area contributed by atoms with Crippen molar-refractivity contribution >= 4 is 17.7 Å². The van der Waals surface area contributed by atoms with Gasteiger partial charge >= 0.3 is 0 Å². The fourth-order valence-corrected chi connectivity index (χ4v) is 2.46. The van der Waals surface area contributed by atoms with Crippen molar-refractivity contribution in [2.24, 2.45) is 0 Å². The van der Waals surface area contributed by atoms with Crippen LogP contribution in [-0.4, -0.2) is 36.9 Å². The third-order valence-electron chi connectivity index (χ3n) is 2.73. The molecule has 0 saturated carbocycles. The lowest BCUT2D eigenvalue weighted by atomic mass is 10.3. The summed E-state index contributed by atoms with van der Waals surface area (Å²) in [5.41, 5.74) is 0.986. The fourth-order valence-electron chi connectivity index (χ4n) is 1.70. The second kappa shape index (κ2) is 7.72. The maximum absolute atomic E-state index is 11.8. The number of pyridine rings is 1. The first-order chi connectivity index (χ1) is 10.2. The highest BCUT2D eigenvalue weighted by Gasteiger charge is 2.10. The monoisotopic (exact) mass is 306 g/mol. The molecule has 0 radical (unpaired) electrons. The van der Waals surface area contributed by atoms with Crippen LogP contribution in [0.4, 0.5) is 0 Å². The van der Waals surface area contributed by atoms with E-state index >= 15 is 0 Å². The highest BCUT2D eigenvalue weighted by atomic mass is 32.2. The molecule has 0 saturated heterocycles. The first-order valence-electron chi connectivity index (χ1n) is 6.67. The Morgan fingerprint density at radius 3 is 3.05 bits per heavy atom. The first-order valence-corrected chi connectivity index (χ1v) is 7.82. The summed E-state index contributed by atoms with van der Waals surface area (Å²) >= 11 is 1.49. The molecule has 0 aromatic carbocycles. The number of hydrogen-bond donors (Lipinski definition) is 1. The van der Waals surface area contributed by atoms with E-state index in [1.165, 1.54) is 11.8 Å². The van der Waals surface area contributed by atoms with Gasteiger partial charge in [0, 0.05) is 18.9 Å². The third-order valence-corrected chi connectivity index (χ3v) is 3.66. The largest absolute Gasteiger partial charge is 0.351 e. The van der Waals surface area contributed by atoms with E-state index in [1.54, 1.807) is 17.1 Å². The molecule has 0 atom stereocenters. The second-order valence-electron chi connectivity index (χ2n) is 4.76. The topological polar surface area (TPSA) is 85.6 Å². The Kier molecular flexibility index (Phi) is 5.68. The SMILES string of the molecule is CC(C)n1nnnc1CSCC(=O)NCc1cccnc1. The minimum atomic E-state index is -0.00701. The Bertz CT molecular complexity index is 571. The van der Waals surface area contributed by atoms with Gasteiger partial charge in [0.15, 0.2) is 5.82 Å². The van der Waals surface area contributed by atoms with Gasteiger partial charge in [-0.3, -0.25) is 9.78 Å². The molecule has 0 aliphatic carbocycles. The van der Waals surface area contributed by atoms with Crippen LogP contribution >= 0.6 is 11.8 Å². The molecule has 0 aliphatic rings. The number of amides is 1. The van der Waals surface area contributed by atoms with Gasteiger partial charge in [0.2, 0.25) is 5.91 Å². The minimum Gasteiger partial charge on any atom is -0.351 e. The lowest BCUT2D eigenvalue weighted by molar-refractivity contribution is -0.118. The van der Waals surface area contributed by atoms with E-state index in [0.717, 1.165) is 11.4 Å². The van der Waals surface area contributed by atoms with Gasteiger partial charge in [-0.15, -0.1) is 16.9 Å². The Hall–Kier alpha value is -1.96. The predicted octanol–water partition coefficient (Wildman–Crippen LogP) is 1.20. The predicted molar refractivity (Wildman–Crippen MR) is 80.4 cm³/mol. The summed E-state index contributed by atoms with van der Waals surface area (Å²) in [4.78, 5) is 15.8. The van der Waals surface area contributed by atoms with Gasteiger partial charge in [-0.1, -0.05) is 6.07 Å². The third kappa shape index (κ3) is 4.82. The van der Waals surface area contributed by atoms with Crippen molar-refractivity contribution in [3.05, 3.63) is 35.9 Å². The summed E-state index contributed by atoms with van der Waals surface area (Å²) < 4.78 is 1.76. The van der Waals surface area contributed by atoms with Gasteiger partial charge in [0.05, 0.1) is 17.5 Å². The number of thioether (sulfide) groups is 1. The zero-order chi connectivity index (χ0) is 15.1. The highest BCUT2D eigenvalue weighted by molar-refractivity contribution is 7.99. The van der Waals surface area contributed by atoms with Crippen LogP contribution in [0.1, 0.15) is 31.3 Å². The molecular formula is C13H18N6OS. The Labute approximate surface area is 127 Å². The van der Waals surface area contributed by atoms with Gasteiger partial charge in [0.25, 0.3) is 0 Å². The number of aromatic nitrogens is 5. The van der Waals surface area contributed by atoms with Crippen molar-refractivity contribution in [1.29, 1.82) is 0 Å². The lowest BCUT2D eigenvalue weighted by Gasteiger charge is -2.07. The molecule has 2 aromatic heterocycles. The minimum absolute atomic E-state index is 0.00701. The molecule has 0 unspecified atom stereocenters. The van der Waals surface area contributed by atoms with Gasteiger partial charge in [0.1, 0.15) is 0 Å². The van der Waals surface area contributed by atoms with E-state index in [2.05, 4.69) is 25.8 Å². The summed E-state index contributed by atoms with van der Waals surface area (Å²) in [6, 6.07) is 3.99. The summed E-state index contributed by atoms with van der Waals surface area (Å²) in [6.45, 7) is 4.53. The number of rotatable bonds is 7. The molecule has 1 N–H and O–H groups in total. The van der Waals surface area contributed by atoms with Gasteiger partial charge in [-0.05, 0) is 35.9 Å². The molecule has 0 fully saturated rings. The van der Waals surface area contributed by atoms with Crippen LogP contribution in [0, 0.1) is 0 Å². The zero-order valence-electron chi connectivity index (χ0n) is 12.1. The molecule has 7 nitrogen and oxygen atoms in total. The van der Waals surface area contributed by atoms with E-state index in [0.29, 0.717) is 18.1 Å². The van der Waals surface area contributed by atoms with Crippen molar-refractivity contribution in [2.45, 2.75) is 32.2 Å². The second-order valence-corrected chi connectivity index (χ2v) is 5.75. The molecular weight excluding hydrogens is 288 g/mol. The smallest absolute Gasteiger partial charge is 0.230 e. The molecule has 8 heteroatoms. The number of tetrazole rings is 1. The van der Waals surface area contributed by atoms with Gasteiger partial charge in [-0.2, -0.15) is 0 Å². The van der Waals surface area contributed by atoms with Crippen LogP contribution in [0.3, 0.4) is 0 Å². The standard InChI is InChI=1S/C13H18N6OS/c1-10(2)19-12(16-17-18-19)8-21-9-13(20)15-7-11-4-3-5-14-6-11/h3-6,10H,7-9H2,1-2H3,(H,15,20). The van der Waals surface area contributed by atoms with Gasteiger partial charge in [-0.25, -0.2) is 4.68 Å². The number of nitrogens with one attached hydrogen (secondary N) is 1. The lowest BCUT2D eigenvalue weighted by Crippen LogP contribution is -2.24. The molecule has 2 heterocycles. The maximum atomic E-state index is 11.8. The molecule has 2 aromatic rings. The molecule has 1 amide bonds. The van der Waals surface area contributed by atoms with Crippen LogP contribution in [0.2, 0.25) is 0 Å². The van der Waals surface area contributed by atoms with Crippen LogP contribution in [0.25, 0.3) is 0 Å². The van der Waals surface area contributed by atoms with Crippen LogP contribution in [0.15, 0.2) is 24.5 Å². The molecule has 21 heavy (non-hydrogen) atoms. The van der Waals surface area contributed by atoms with Crippen molar-refractivity contribution in [1.82, 2.24) is 30.5 Å². The molecule has 0 spiro atoms. The highest BCUT2D eigenvalue weighted by Crippen LogP contribution is 2.12. The summed E-state index contributed by atoms with van der Waals surface area (Å²) in [5.74, 6) is 1.78. The van der Waals surface area contributed by atoms with Crippen molar-refractivity contribution in [2.75, 3.05) is 5.75 Å². The van der Waals surface area contributed by atoms with Crippen molar-refractivity contribution in [3.63, 3.8) is 0 Å². The van der Waals surface area contributed by atoms with Crippen LogP contribution in [0.5, 0.6) is 0 Å². The van der Waals surface area contributed by atoms with E-state index in [4.69, 9.17) is 0 Å². The normalized spacial score (nSPS) is 10.8. The molecule has 0 aliphatic heterocycles. The quantitative estimate of drug-likeness (QED) is 0.827. The van der Waals surface area contributed by atoms with Crippen molar-refractivity contribution in [3.8, 4) is 0 Å². The van der Waals surface area contributed by atoms with Crippen LogP contribution in [-0.2, 0) is 17.1 Å². The summed E-state index contributed by atoms with van der Waals surface area (Å²) in [5, 5.41) is 14.4. The Morgan fingerprint density at radius 2 is 2.33 bits per heavy atom. The molecule has 112 valence electrons. The van der Waals surface area contributed by atoms with Gasteiger partial charge < -0.3 is 5.32 Å². The van der Waals surface area contributed by atoms with Crippen LogP contribution < -0.4 is 5.32 Å². The number of hydrogen-bond acceptors (Lipinski definition) is 6. The Morgan fingerprint density at radius 1 is 1.48 bits per heavy atom. The average molecular weight is 306 g/mol. The summed E-state index contributed by atoms with van der Waals surface area (Å²) in [7, 11) is 0. The van der Waals surface area contributed by atoms with E-state index < -0.39 is 0 Å². The maximum Gasteiger partial charge on any atom is 0.230 e. The first kappa shape index (κ1) is 15.4.